The summed E-state index contributed by atoms with van der Waals surface area (Å²) in [5.74, 6) is -0.140. The Morgan fingerprint density at radius 1 is 1.24 bits per heavy atom. The van der Waals surface area contributed by atoms with Gasteiger partial charge in [-0.2, -0.15) is 0 Å². The first kappa shape index (κ1) is 16.7. The number of hydrogen-bond donors (Lipinski definition) is 1. The quantitative estimate of drug-likeness (QED) is 0.570. The Bertz CT molecular complexity index is 989. The Kier molecular flexibility index (Phi) is 4.27. The highest BCUT2D eigenvalue weighted by Gasteiger charge is 2.20. The Hall–Kier alpha value is -3.15. The van der Waals surface area contributed by atoms with Crippen molar-refractivity contribution in [3.8, 4) is 11.1 Å². The zero-order valence-corrected chi connectivity index (χ0v) is 14.4. The third-order valence-electron chi connectivity index (χ3n) is 4.33. The largest absolute Gasteiger partial charge is 0.342 e. The standard InChI is InChI=1S/C19H19N3O3/c1-4-15-11-17-16(8-9-18(22(24)25)19(17)21(15)3)13-6-5-7-14(10-13)20-12(2)23/h5-11H,4H2,1-3H3,(H,20,23). The van der Waals surface area contributed by atoms with Crippen LogP contribution in [0.15, 0.2) is 42.5 Å². The summed E-state index contributed by atoms with van der Waals surface area (Å²) in [5, 5.41) is 15.0. The summed E-state index contributed by atoms with van der Waals surface area (Å²) in [5.41, 5.74) is 4.25. The summed E-state index contributed by atoms with van der Waals surface area (Å²) in [6.07, 6.45) is 0.785. The molecule has 0 fully saturated rings. The number of nitro benzene ring substituents is 1. The normalized spacial score (nSPS) is 10.8. The number of fused-ring (bicyclic) bond motifs is 1. The molecule has 6 heteroatoms. The molecule has 128 valence electrons. The minimum Gasteiger partial charge on any atom is -0.342 e. The van der Waals surface area contributed by atoms with E-state index in [4.69, 9.17) is 0 Å². The molecular weight excluding hydrogens is 318 g/mol. The highest BCUT2D eigenvalue weighted by atomic mass is 16.6. The van der Waals surface area contributed by atoms with Crippen molar-refractivity contribution < 1.29 is 9.72 Å². The highest BCUT2D eigenvalue weighted by molar-refractivity contribution is 6.01. The minimum absolute atomic E-state index is 0.0963. The molecule has 0 aliphatic heterocycles. The van der Waals surface area contributed by atoms with Gasteiger partial charge in [-0.1, -0.05) is 19.1 Å². The third kappa shape index (κ3) is 2.98. The van der Waals surface area contributed by atoms with Gasteiger partial charge in [0.15, 0.2) is 0 Å². The molecule has 0 radical (unpaired) electrons. The van der Waals surface area contributed by atoms with E-state index >= 15 is 0 Å². The van der Waals surface area contributed by atoms with Gasteiger partial charge in [-0.3, -0.25) is 14.9 Å². The average Bonchev–Trinajstić information content (AvgIpc) is 2.90. The second kappa shape index (κ2) is 6.39. The SMILES string of the molecule is CCc1cc2c(-c3cccc(NC(C)=O)c3)ccc([N+](=O)[O-])c2n1C. The van der Waals surface area contributed by atoms with E-state index in [1.54, 1.807) is 12.1 Å². The maximum atomic E-state index is 11.4. The van der Waals surface area contributed by atoms with Gasteiger partial charge in [0.25, 0.3) is 5.69 Å². The van der Waals surface area contributed by atoms with Crippen LogP contribution < -0.4 is 5.32 Å². The maximum absolute atomic E-state index is 11.4. The maximum Gasteiger partial charge on any atom is 0.293 e. The molecule has 1 aromatic heterocycles. The number of non-ortho nitro benzene ring substituents is 1. The molecule has 6 nitrogen and oxygen atoms in total. The molecule has 1 heterocycles. The van der Waals surface area contributed by atoms with Gasteiger partial charge < -0.3 is 9.88 Å². The van der Waals surface area contributed by atoms with Gasteiger partial charge in [0.05, 0.1) is 4.92 Å². The molecule has 3 aromatic rings. The number of anilines is 1. The van der Waals surface area contributed by atoms with Crippen molar-refractivity contribution >= 4 is 28.2 Å². The molecule has 0 atom stereocenters. The molecule has 1 N–H and O–H groups in total. The monoisotopic (exact) mass is 337 g/mol. The first-order valence-corrected chi connectivity index (χ1v) is 8.06. The third-order valence-corrected chi connectivity index (χ3v) is 4.33. The first-order valence-electron chi connectivity index (χ1n) is 8.06. The molecule has 0 unspecified atom stereocenters. The van der Waals surface area contributed by atoms with Gasteiger partial charge in [0.2, 0.25) is 5.91 Å². The van der Waals surface area contributed by atoms with Gasteiger partial charge >= 0.3 is 0 Å². The van der Waals surface area contributed by atoms with Crippen LogP contribution in [0.5, 0.6) is 0 Å². The fourth-order valence-corrected chi connectivity index (χ4v) is 3.21. The molecule has 25 heavy (non-hydrogen) atoms. The zero-order valence-electron chi connectivity index (χ0n) is 14.4. The van der Waals surface area contributed by atoms with Crippen LogP contribution in [0.2, 0.25) is 0 Å². The number of aryl methyl sites for hydroxylation is 2. The van der Waals surface area contributed by atoms with E-state index in [2.05, 4.69) is 5.32 Å². The summed E-state index contributed by atoms with van der Waals surface area (Å²) in [7, 11) is 1.85. The van der Waals surface area contributed by atoms with Gasteiger partial charge in [-0.25, -0.2) is 0 Å². The number of aromatic nitrogens is 1. The van der Waals surface area contributed by atoms with Crippen molar-refractivity contribution in [2.45, 2.75) is 20.3 Å². The predicted molar refractivity (Wildman–Crippen MR) is 98.7 cm³/mol. The number of hydrogen-bond acceptors (Lipinski definition) is 3. The molecule has 2 aromatic carbocycles. The second-order valence-corrected chi connectivity index (χ2v) is 5.96. The lowest BCUT2D eigenvalue weighted by molar-refractivity contribution is -0.383. The molecule has 0 bridgehead atoms. The number of carbonyl (C=O) groups is 1. The van der Waals surface area contributed by atoms with Crippen molar-refractivity contribution in [1.29, 1.82) is 0 Å². The number of benzene rings is 2. The first-order chi connectivity index (χ1) is 11.9. The Labute approximate surface area is 145 Å². The number of nitrogens with one attached hydrogen (secondary N) is 1. The smallest absolute Gasteiger partial charge is 0.293 e. The summed E-state index contributed by atoms with van der Waals surface area (Å²) >= 11 is 0. The van der Waals surface area contributed by atoms with Crippen LogP contribution >= 0.6 is 0 Å². The van der Waals surface area contributed by atoms with Crippen LogP contribution in [0.25, 0.3) is 22.0 Å². The fraction of sp³-hybridized carbons (Fsp3) is 0.211. The number of nitro groups is 1. The van der Waals surface area contributed by atoms with Crippen LogP contribution in [0.3, 0.4) is 0 Å². The lowest BCUT2D eigenvalue weighted by Crippen LogP contribution is -2.05. The molecule has 0 saturated heterocycles. The number of rotatable bonds is 4. The van der Waals surface area contributed by atoms with E-state index < -0.39 is 0 Å². The zero-order chi connectivity index (χ0) is 18.1. The lowest BCUT2D eigenvalue weighted by atomic mass is 10.00. The molecule has 0 aliphatic rings. The molecule has 0 aliphatic carbocycles. The van der Waals surface area contributed by atoms with Crippen LogP contribution in [0.1, 0.15) is 19.5 Å². The topological polar surface area (TPSA) is 77.2 Å². The van der Waals surface area contributed by atoms with E-state index in [0.29, 0.717) is 11.2 Å². The summed E-state index contributed by atoms with van der Waals surface area (Å²) < 4.78 is 1.88. The summed E-state index contributed by atoms with van der Waals surface area (Å²) in [4.78, 5) is 22.4. The number of carbonyl (C=O) groups excluding carboxylic acids is 1. The predicted octanol–water partition coefficient (Wildman–Crippen LogP) is 4.27. The highest BCUT2D eigenvalue weighted by Crippen LogP contribution is 2.37. The van der Waals surface area contributed by atoms with E-state index in [-0.39, 0.29) is 16.5 Å². The molecule has 3 rings (SSSR count). The fourth-order valence-electron chi connectivity index (χ4n) is 3.21. The van der Waals surface area contributed by atoms with Crippen LogP contribution in [0.4, 0.5) is 11.4 Å². The Balaban J connectivity index is 2.26. The van der Waals surface area contributed by atoms with Gasteiger partial charge in [-0.05, 0) is 41.8 Å². The average molecular weight is 337 g/mol. The van der Waals surface area contributed by atoms with E-state index in [9.17, 15) is 14.9 Å². The van der Waals surface area contributed by atoms with Crippen molar-refractivity contribution in [2.24, 2.45) is 7.05 Å². The van der Waals surface area contributed by atoms with Crippen LogP contribution in [-0.4, -0.2) is 15.4 Å². The molecular formula is C19H19N3O3. The summed E-state index contributed by atoms with van der Waals surface area (Å²) in [6.45, 7) is 3.48. The molecule has 1 amide bonds. The lowest BCUT2D eigenvalue weighted by Gasteiger charge is -2.08. The van der Waals surface area contributed by atoms with Crippen LogP contribution in [0, 0.1) is 10.1 Å². The van der Waals surface area contributed by atoms with E-state index in [1.807, 2.05) is 48.9 Å². The van der Waals surface area contributed by atoms with Gasteiger partial charge in [0.1, 0.15) is 5.52 Å². The van der Waals surface area contributed by atoms with E-state index in [1.165, 1.54) is 6.92 Å². The van der Waals surface area contributed by atoms with Crippen molar-refractivity contribution in [1.82, 2.24) is 4.57 Å². The molecule has 0 saturated carbocycles. The Morgan fingerprint density at radius 2 is 2.00 bits per heavy atom. The van der Waals surface area contributed by atoms with Crippen molar-refractivity contribution in [3.05, 3.63) is 58.3 Å². The van der Waals surface area contributed by atoms with Crippen molar-refractivity contribution in [3.63, 3.8) is 0 Å². The van der Waals surface area contributed by atoms with Gasteiger partial charge in [-0.15, -0.1) is 0 Å². The molecule has 0 spiro atoms. The second-order valence-electron chi connectivity index (χ2n) is 5.96. The minimum atomic E-state index is -0.348. The van der Waals surface area contributed by atoms with Crippen molar-refractivity contribution in [2.75, 3.05) is 5.32 Å². The Morgan fingerprint density at radius 3 is 2.64 bits per heavy atom. The van der Waals surface area contributed by atoms with Gasteiger partial charge in [0, 0.05) is 36.8 Å². The van der Waals surface area contributed by atoms with E-state index in [0.717, 1.165) is 28.6 Å². The summed E-state index contributed by atoms with van der Waals surface area (Å²) in [6, 6.07) is 12.8. The number of amides is 1. The number of nitrogens with zero attached hydrogens (tertiary/aromatic N) is 2. The van der Waals surface area contributed by atoms with Crippen LogP contribution in [-0.2, 0) is 18.3 Å².